The zero-order valence-electron chi connectivity index (χ0n) is 19.3. The summed E-state index contributed by atoms with van der Waals surface area (Å²) in [5.74, 6) is 1.45. The fraction of sp³-hybridized carbons (Fsp3) is 0.522. The molecular formula is C23H34ClIN6O. The lowest BCUT2D eigenvalue weighted by molar-refractivity contribution is -0.131. The second kappa shape index (κ2) is 12.4. The Hall–Kier alpha value is -1.81. The number of aryl methyl sites for hydroxylation is 2. The van der Waals surface area contributed by atoms with Crippen molar-refractivity contribution in [1.29, 1.82) is 0 Å². The number of nitrogens with zero attached hydrogens (tertiary/aromatic N) is 5. The molecule has 32 heavy (non-hydrogen) atoms. The Kier molecular flexibility index (Phi) is 10.3. The normalized spacial score (nSPS) is 15.3. The topological polar surface area (TPSA) is 65.8 Å². The molecule has 1 saturated heterocycles. The molecule has 1 unspecified atom stereocenters. The Morgan fingerprint density at radius 3 is 2.47 bits per heavy atom. The van der Waals surface area contributed by atoms with Crippen LogP contribution in [0.2, 0.25) is 5.02 Å². The van der Waals surface area contributed by atoms with Crippen LogP contribution in [-0.2, 0) is 17.8 Å². The Bertz CT molecular complexity index is 923. The summed E-state index contributed by atoms with van der Waals surface area (Å²) in [6.45, 7) is 10.9. The number of carbonyl (C=O) groups is 1. The number of aliphatic imine (C=N–C) groups is 1. The van der Waals surface area contributed by atoms with Gasteiger partial charge < -0.3 is 15.1 Å². The number of nitrogens with one attached hydrogen (secondary N) is 1. The summed E-state index contributed by atoms with van der Waals surface area (Å²) in [5, 5.41) is 8.71. The molecule has 0 bridgehead atoms. The minimum absolute atomic E-state index is 0. The van der Waals surface area contributed by atoms with Crippen LogP contribution in [-0.4, -0.2) is 71.2 Å². The smallest absolute Gasteiger partial charge is 0.227 e. The van der Waals surface area contributed by atoms with Crippen molar-refractivity contribution in [1.82, 2.24) is 24.9 Å². The maximum atomic E-state index is 12.7. The molecule has 1 aromatic carbocycles. The number of carbonyl (C=O) groups excluding carboxylic acids is 1. The number of benzene rings is 1. The standard InChI is InChI=1S/C23H33ClN6O.HI/c1-17(16-30-19(3)12-18(2)27-30)15-26-23(25-4)29-10-8-28(9-11-29)22(31)14-20-6-5-7-21(24)13-20;/h5-7,12-13,17H,8-11,14-16H2,1-4H3,(H,25,26);1H. The van der Waals surface area contributed by atoms with Crippen molar-refractivity contribution >= 4 is 47.4 Å². The van der Waals surface area contributed by atoms with Gasteiger partial charge in [-0.25, -0.2) is 0 Å². The van der Waals surface area contributed by atoms with Crippen molar-refractivity contribution in [2.45, 2.75) is 33.7 Å². The quantitative estimate of drug-likeness (QED) is 0.328. The summed E-state index contributed by atoms with van der Waals surface area (Å²) in [7, 11) is 1.81. The minimum atomic E-state index is 0. The molecule has 0 saturated carbocycles. The average molecular weight is 573 g/mol. The van der Waals surface area contributed by atoms with Crippen molar-refractivity contribution in [3.05, 3.63) is 52.3 Å². The predicted octanol–water partition coefficient (Wildman–Crippen LogP) is 3.37. The van der Waals surface area contributed by atoms with Crippen molar-refractivity contribution in [3.63, 3.8) is 0 Å². The van der Waals surface area contributed by atoms with E-state index < -0.39 is 0 Å². The first kappa shape index (κ1) is 26.4. The van der Waals surface area contributed by atoms with Crippen LogP contribution in [0.4, 0.5) is 0 Å². The summed E-state index contributed by atoms with van der Waals surface area (Å²) >= 11 is 6.03. The maximum absolute atomic E-state index is 12.7. The number of hydrogen-bond acceptors (Lipinski definition) is 3. The van der Waals surface area contributed by atoms with E-state index in [4.69, 9.17) is 11.6 Å². The summed E-state index contributed by atoms with van der Waals surface area (Å²) in [6, 6.07) is 9.61. The van der Waals surface area contributed by atoms with Gasteiger partial charge in [0.15, 0.2) is 5.96 Å². The summed E-state index contributed by atoms with van der Waals surface area (Å²) in [4.78, 5) is 21.3. The number of halogens is 2. The third kappa shape index (κ3) is 7.37. The number of hydrogen-bond donors (Lipinski definition) is 1. The van der Waals surface area contributed by atoms with E-state index in [1.54, 1.807) is 0 Å². The fourth-order valence-corrected chi connectivity index (χ4v) is 4.13. The number of rotatable bonds is 6. The highest BCUT2D eigenvalue weighted by Gasteiger charge is 2.23. The molecule has 2 heterocycles. The highest BCUT2D eigenvalue weighted by molar-refractivity contribution is 14.0. The van der Waals surface area contributed by atoms with Crippen LogP contribution >= 0.6 is 35.6 Å². The Balaban J connectivity index is 0.00000363. The molecule has 9 heteroatoms. The van der Waals surface area contributed by atoms with Crippen LogP contribution in [0.3, 0.4) is 0 Å². The molecule has 1 amide bonds. The molecule has 0 aliphatic carbocycles. The predicted molar refractivity (Wildman–Crippen MR) is 141 cm³/mol. The molecule has 2 aromatic rings. The van der Waals surface area contributed by atoms with Gasteiger partial charge in [0.1, 0.15) is 0 Å². The second-order valence-corrected chi connectivity index (χ2v) is 8.75. The first-order valence-corrected chi connectivity index (χ1v) is 11.2. The van der Waals surface area contributed by atoms with Gasteiger partial charge in [-0.3, -0.25) is 14.5 Å². The highest BCUT2D eigenvalue weighted by Crippen LogP contribution is 2.13. The van der Waals surface area contributed by atoms with Gasteiger partial charge in [0.25, 0.3) is 0 Å². The van der Waals surface area contributed by atoms with Gasteiger partial charge in [-0.15, -0.1) is 24.0 Å². The summed E-state index contributed by atoms with van der Waals surface area (Å²) < 4.78 is 2.06. The van der Waals surface area contributed by atoms with Gasteiger partial charge in [-0.2, -0.15) is 5.10 Å². The summed E-state index contributed by atoms with van der Waals surface area (Å²) in [5.41, 5.74) is 3.19. The number of piperazine rings is 1. The van der Waals surface area contributed by atoms with E-state index in [1.807, 2.05) is 43.1 Å². The Morgan fingerprint density at radius 1 is 1.19 bits per heavy atom. The van der Waals surface area contributed by atoms with Gasteiger partial charge in [0.05, 0.1) is 12.1 Å². The number of guanidine groups is 1. The molecule has 0 radical (unpaired) electrons. The van der Waals surface area contributed by atoms with Crippen LogP contribution in [0.25, 0.3) is 0 Å². The van der Waals surface area contributed by atoms with Gasteiger partial charge in [0, 0.05) is 57.0 Å². The summed E-state index contributed by atoms with van der Waals surface area (Å²) in [6.07, 6.45) is 0.386. The highest BCUT2D eigenvalue weighted by atomic mass is 127. The molecule has 0 spiro atoms. The molecule has 1 aliphatic rings. The molecule has 1 aromatic heterocycles. The SMILES string of the molecule is CN=C(NCC(C)Cn1nc(C)cc1C)N1CCN(C(=O)Cc2cccc(Cl)c2)CC1.I. The van der Waals surface area contributed by atoms with Crippen LogP contribution in [0, 0.1) is 19.8 Å². The van der Waals surface area contributed by atoms with Crippen molar-refractivity contribution in [3.8, 4) is 0 Å². The van der Waals surface area contributed by atoms with E-state index in [0.717, 1.165) is 43.4 Å². The Labute approximate surface area is 213 Å². The fourth-order valence-electron chi connectivity index (χ4n) is 3.92. The lowest BCUT2D eigenvalue weighted by Crippen LogP contribution is -2.54. The van der Waals surface area contributed by atoms with Crippen LogP contribution < -0.4 is 5.32 Å². The molecule has 176 valence electrons. The van der Waals surface area contributed by atoms with Crippen molar-refractivity contribution in [2.75, 3.05) is 39.8 Å². The largest absolute Gasteiger partial charge is 0.356 e. The Morgan fingerprint density at radius 2 is 1.88 bits per heavy atom. The molecule has 1 fully saturated rings. The van der Waals surface area contributed by atoms with E-state index in [0.29, 0.717) is 30.5 Å². The molecule has 1 N–H and O–H groups in total. The lowest BCUT2D eigenvalue weighted by Gasteiger charge is -2.36. The van der Waals surface area contributed by atoms with Gasteiger partial charge in [0.2, 0.25) is 5.91 Å². The van der Waals surface area contributed by atoms with Crippen molar-refractivity contribution in [2.24, 2.45) is 10.9 Å². The molecule has 1 atom stereocenters. The van der Waals surface area contributed by atoms with E-state index in [1.165, 1.54) is 5.69 Å². The first-order valence-electron chi connectivity index (χ1n) is 10.8. The van der Waals surface area contributed by atoms with Gasteiger partial charge in [-0.1, -0.05) is 30.7 Å². The maximum Gasteiger partial charge on any atom is 0.227 e. The van der Waals surface area contributed by atoms with E-state index in [9.17, 15) is 4.79 Å². The van der Waals surface area contributed by atoms with E-state index in [2.05, 4.69) is 44.9 Å². The number of amides is 1. The van der Waals surface area contributed by atoms with E-state index in [-0.39, 0.29) is 29.9 Å². The monoisotopic (exact) mass is 572 g/mol. The van der Waals surface area contributed by atoms with Gasteiger partial charge >= 0.3 is 0 Å². The van der Waals surface area contributed by atoms with Crippen molar-refractivity contribution < 1.29 is 4.79 Å². The zero-order chi connectivity index (χ0) is 22.4. The minimum Gasteiger partial charge on any atom is -0.356 e. The average Bonchev–Trinajstić information content (AvgIpc) is 3.05. The van der Waals surface area contributed by atoms with Gasteiger partial charge in [-0.05, 0) is 43.5 Å². The molecule has 1 aliphatic heterocycles. The third-order valence-corrected chi connectivity index (χ3v) is 5.82. The third-order valence-electron chi connectivity index (χ3n) is 5.58. The first-order chi connectivity index (χ1) is 14.9. The molecule has 7 nitrogen and oxygen atoms in total. The molecule has 3 rings (SSSR count). The van der Waals surface area contributed by atoms with Crippen LogP contribution in [0.15, 0.2) is 35.3 Å². The number of aromatic nitrogens is 2. The zero-order valence-corrected chi connectivity index (χ0v) is 22.4. The second-order valence-electron chi connectivity index (χ2n) is 8.32. The molecular weight excluding hydrogens is 539 g/mol. The van der Waals surface area contributed by atoms with E-state index >= 15 is 0 Å². The van der Waals surface area contributed by atoms with Crippen LogP contribution in [0.5, 0.6) is 0 Å². The lowest BCUT2D eigenvalue weighted by atomic mass is 10.1. The van der Waals surface area contributed by atoms with Crippen LogP contribution in [0.1, 0.15) is 23.9 Å².